The fraction of sp³-hybridized carbons (Fsp3) is 0.250. The van der Waals surface area contributed by atoms with Crippen molar-refractivity contribution in [3.05, 3.63) is 23.4 Å². The van der Waals surface area contributed by atoms with Gasteiger partial charge in [-0.25, -0.2) is 4.98 Å². The van der Waals surface area contributed by atoms with Crippen LogP contribution in [0.25, 0.3) is 0 Å². The van der Waals surface area contributed by atoms with Gasteiger partial charge in [0.1, 0.15) is 6.07 Å². The third-order valence-corrected chi connectivity index (χ3v) is 2.17. The van der Waals surface area contributed by atoms with Crippen LogP contribution in [-0.2, 0) is 0 Å². The topological polar surface area (TPSA) is 36.7 Å². The number of aryl methyl sites for hydroxylation is 1. The summed E-state index contributed by atoms with van der Waals surface area (Å²) in [5, 5.41) is 9.52. The summed E-state index contributed by atoms with van der Waals surface area (Å²) in [5.41, 5.74) is 1.69. The van der Waals surface area contributed by atoms with E-state index in [2.05, 4.69) is 4.98 Å². The van der Waals surface area contributed by atoms with Gasteiger partial charge in [-0.2, -0.15) is 5.26 Å². The Hall–Kier alpha value is -1.01. The molecule has 1 aromatic rings. The predicted molar refractivity (Wildman–Crippen MR) is 45.5 cm³/mol. The molecular formula is C8H8N2S. The minimum absolute atomic E-state index is 0.625. The van der Waals surface area contributed by atoms with Crippen molar-refractivity contribution in [2.45, 2.75) is 11.9 Å². The number of hydrogen-bond donors (Lipinski definition) is 0. The Balaban J connectivity index is 3.12. The number of rotatable bonds is 1. The summed E-state index contributed by atoms with van der Waals surface area (Å²) in [6.07, 6.45) is 3.57. The molecule has 0 aromatic carbocycles. The molecule has 1 aromatic heterocycles. The van der Waals surface area contributed by atoms with Crippen LogP contribution in [0, 0.1) is 18.3 Å². The standard InChI is InChI=1S/C8H8N2S/c1-6-3-7(4-9)5-10-8(6)11-2/h3,5H,1-2H3. The van der Waals surface area contributed by atoms with Crippen LogP contribution in [0.15, 0.2) is 17.3 Å². The summed E-state index contributed by atoms with van der Waals surface area (Å²) in [7, 11) is 0. The molecule has 0 bridgehead atoms. The summed E-state index contributed by atoms with van der Waals surface area (Å²) in [5.74, 6) is 0. The van der Waals surface area contributed by atoms with E-state index in [1.165, 1.54) is 0 Å². The zero-order chi connectivity index (χ0) is 8.27. The van der Waals surface area contributed by atoms with Crippen molar-refractivity contribution in [2.24, 2.45) is 0 Å². The molecule has 0 spiro atoms. The maximum absolute atomic E-state index is 8.53. The summed E-state index contributed by atoms with van der Waals surface area (Å²) in [6, 6.07) is 3.89. The minimum Gasteiger partial charge on any atom is -0.248 e. The number of nitrogens with zero attached hydrogens (tertiary/aromatic N) is 2. The van der Waals surface area contributed by atoms with E-state index in [1.807, 2.05) is 25.3 Å². The first kappa shape index (κ1) is 8.09. The molecule has 0 atom stereocenters. The van der Waals surface area contributed by atoms with Crippen LogP contribution in [0.2, 0.25) is 0 Å². The second kappa shape index (κ2) is 3.40. The van der Waals surface area contributed by atoms with Crippen LogP contribution in [0.3, 0.4) is 0 Å². The lowest BCUT2D eigenvalue weighted by Crippen LogP contribution is -1.86. The third-order valence-electron chi connectivity index (χ3n) is 1.35. The van der Waals surface area contributed by atoms with E-state index in [4.69, 9.17) is 5.26 Å². The highest BCUT2D eigenvalue weighted by Gasteiger charge is 1.98. The minimum atomic E-state index is 0.625. The van der Waals surface area contributed by atoms with Crippen LogP contribution in [0.4, 0.5) is 0 Å². The lowest BCUT2D eigenvalue weighted by molar-refractivity contribution is 1.07. The molecule has 3 heteroatoms. The second-order valence-corrected chi connectivity index (χ2v) is 2.96. The maximum Gasteiger partial charge on any atom is 0.101 e. The summed E-state index contributed by atoms with van der Waals surface area (Å²) in [6.45, 7) is 1.96. The molecule has 56 valence electrons. The van der Waals surface area contributed by atoms with E-state index in [9.17, 15) is 0 Å². The smallest absolute Gasteiger partial charge is 0.101 e. The van der Waals surface area contributed by atoms with Gasteiger partial charge in [-0.15, -0.1) is 11.8 Å². The van der Waals surface area contributed by atoms with E-state index in [0.29, 0.717) is 5.56 Å². The Morgan fingerprint density at radius 1 is 1.64 bits per heavy atom. The molecule has 11 heavy (non-hydrogen) atoms. The Morgan fingerprint density at radius 3 is 2.82 bits per heavy atom. The molecule has 1 heterocycles. The van der Waals surface area contributed by atoms with Gasteiger partial charge in [0.2, 0.25) is 0 Å². The molecule has 0 saturated carbocycles. The number of pyridine rings is 1. The summed E-state index contributed by atoms with van der Waals surface area (Å²) >= 11 is 1.59. The van der Waals surface area contributed by atoms with E-state index in [-0.39, 0.29) is 0 Å². The van der Waals surface area contributed by atoms with Crippen LogP contribution in [-0.4, -0.2) is 11.2 Å². The highest BCUT2D eigenvalue weighted by atomic mass is 32.2. The Bertz CT molecular complexity index is 301. The van der Waals surface area contributed by atoms with E-state index < -0.39 is 0 Å². The van der Waals surface area contributed by atoms with Gasteiger partial charge < -0.3 is 0 Å². The number of thioether (sulfide) groups is 1. The van der Waals surface area contributed by atoms with Gasteiger partial charge >= 0.3 is 0 Å². The first-order valence-corrected chi connectivity index (χ1v) is 4.41. The normalized spacial score (nSPS) is 9.18. The van der Waals surface area contributed by atoms with Gasteiger partial charge in [-0.05, 0) is 24.8 Å². The zero-order valence-electron chi connectivity index (χ0n) is 6.46. The van der Waals surface area contributed by atoms with Crippen LogP contribution >= 0.6 is 11.8 Å². The fourth-order valence-corrected chi connectivity index (χ4v) is 1.38. The van der Waals surface area contributed by atoms with Crippen molar-refractivity contribution in [3.63, 3.8) is 0 Å². The third kappa shape index (κ3) is 1.72. The zero-order valence-corrected chi connectivity index (χ0v) is 7.27. The number of aromatic nitrogens is 1. The first-order valence-electron chi connectivity index (χ1n) is 3.18. The maximum atomic E-state index is 8.53. The monoisotopic (exact) mass is 164 g/mol. The van der Waals surface area contributed by atoms with E-state index >= 15 is 0 Å². The molecular weight excluding hydrogens is 156 g/mol. The van der Waals surface area contributed by atoms with Crippen molar-refractivity contribution in [1.82, 2.24) is 4.98 Å². The molecule has 0 aliphatic rings. The van der Waals surface area contributed by atoms with Crippen LogP contribution < -0.4 is 0 Å². The van der Waals surface area contributed by atoms with Crippen LogP contribution in [0.5, 0.6) is 0 Å². The summed E-state index contributed by atoms with van der Waals surface area (Å²) < 4.78 is 0. The van der Waals surface area contributed by atoms with Crippen LogP contribution in [0.1, 0.15) is 11.1 Å². The highest BCUT2D eigenvalue weighted by molar-refractivity contribution is 7.98. The van der Waals surface area contributed by atoms with E-state index in [0.717, 1.165) is 10.6 Å². The molecule has 0 saturated heterocycles. The van der Waals surface area contributed by atoms with Crippen molar-refractivity contribution >= 4 is 11.8 Å². The average molecular weight is 164 g/mol. The van der Waals surface area contributed by atoms with Gasteiger partial charge in [0.25, 0.3) is 0 Å². The van der Waals surface area contributed by atoms with Gasteiger partial charge in [0.05, 0.1) is 10.6 Å². The van der Waals surface area contributed by atoms with Crippen molar-refractivity contribution in [3.8, 4) is 6.07 Å². The average Bonchev–Trinajstić information content (AvgIpc) is 2.04. The van der Waals surface area contributed by atoms with Gasteiger partial charge in [0, 0.05) is 6.20 Å². The lowest BCUT2D eigenvalue weighted by atomic mass is 10.2. The van der Waals surface area contributed by atoms with Gasteiger partial charge in [-0.1, -0.05) is 0 Å². The second-order valence-electron chi connectivity index (χ2n) is 2.16. The molecule has 0 fully saturated rings. The number of nitriles is 1. The lowest BCUT2D eigenvalue weighted by Gasteiger charge is -1.99. The largest absolute Gasteiger partial charge is 0.248 e. The molecule has 0 aliphatic heterocycles. The number of hydrogen-bond acceptors (Lipinski definition) is 3. The quantitative estimate of drug-likeness (QED) is 0.595. The first-order chi connectivity index (χ1) is 5.27. The molecule has 2 nitrogen and oxygen atoms in total. The van der Waals surface area contributed by atoms with Gasteiger partial charge in [0.15, 0.2) is 0 Å². The predicted octanol–water partition coefficient (Wildman–Crippen LogP) is 1.98. The Morgan fingerprint density at radius 2 is 2.36 bits per heavy atom. The van der Waals surface area contributed by atoms with Gasteiger partial charge in [-0.3, -0.25) is 0 Å². The summed E-state index contributed by atoms with van der Waals surface area (Å²) in [4.78, 5) is 4.11. The van der Waals surface area contributed by atoms with E-state index in [1.54, 1.807) is 18.0 Å². The van der Waals surface area contributed by atoms with Crippen molar-refractivity contribution in [2.75, 3.05) is 6.26 Å². The molecule has 0 N–H and O–H groups in total. The molecule has 0 aliphatic carbocycles. The molecule has 1 rings (SSSR count). The Kier molecular flexibility index (Phi) is 2.50. The molecule has 0 amide bonds. The SMILES string of the molecule is CSc1ncc(C#N)cc1C. The molecule has 0 radical (unpaired) electrons. The van der Waals surface area contributed by atoms with Crippen molar-refractivity contribution < 1.29 is 0 Å². The molecule has 0 unspecified atom stereocenters. The fourth-order valence-electron chi connectivity index (χ4n) is 0.837. The highest BCUT2D eigenvalue weighted by Crippen LogP contribution is 2.16. The Labute approximate surface area is 70.3 Å². The van der Waals surface area contributed by atoms with Crippen molar-refractivity contribution in [1.29, 1.82) is 5.26 Å².